The number of anilines is 1. The van der Waals surface area contributed by atoms with Gasteiger partial charge in [0, 0.05) is 32.3 Å². The highest BCUT2D eigenvalue weighted by Crippen LogP contribution is 2.18. The summed E-state index contributed by atoms with van der Waals surface area (Å²) < 4.78 is 5.56. The number of morpholine rings is 1. The summed E-state index contributed by atoms with van der Waals surface area (Å²) in [7, 11) is 0. The number of pyridine rings is 1. The summed E-state index contributed by atoms with van der Waals surface area (Å²) in [6.45, 7) is 7.32. The lowest BCUT2D eigenvalue weighted by atomic mass is 9.93. The molecule has 2 aliphatic heterocycles. The van der Waals surface area contributed by atoms with Crippen molar-refractivity contribution >= 4 is 36.5 Å². The van der Waals surface area contributed by atoms with Crippen LogP contribution in [0.5, 0.6) is 0 Å². The van der Waals surface area contributed by atoms with Crippen LogP contribution < -0.4 is 15.5 Å². The van der Waals surface area contributed by atoms with E-state index in [9.17, 15) is 4.79 Å². The summed E-state index contributed by atoms with van der Waals surface area (Å²) in [6.07, 6.45) is 6.12. The highest BCUT2D eigenvalue weighted by Gasteiger charge is 2.18. The van der Waals surface area contributed by atoms with E-state index in [-0.39, 0.29) is 36.8 Å². The van der Waals surface area contributed by atoms with Gasteiger partial charge in [-0.25, -0.2) is 4.98 Å². The number of carbonyl (C=O) groups excluding carboxylic acids is 1. The molecule has 2 N–H and O–H groups in total. The molecule has 0 spiro atoms. The van der Waals surface area contributed by atoms with Crippen LogP contribution >= 0.6 is 24.8 Å². The second-order valence-electron chi connectivity index (χ2n) is 7.16. The summed E-state index contributed by atoms with van der Waals surface area (Å²) in [6, 6.07) is 4.09. The van der Waals surface area contributed by atoms with Crippen molar-refractivity contribution in [1.82, 2.24) is 15.6 Å². The molecule has 3 rings (SSSR count). The number of nitrogens with one attached hydrogen (secondary N) is 2. The minimum atomic E-state index is 0. The van der Waals surface area contributed by atoms with Crippen LogP contribution in [-0.4, -0.2) is 49.8 Å². The zero-order chi connectivity index (χ0) is 17.5. The van der Waals surface area contributed by atoms with Crippen molar-refractivity contribution in [3.8, 4) is 0 Å². The first-order valence-electron chi connectivity index (χ1n) is 9.49. The maximum Gasteiger partial charge on any atom is 0.220 e. The molecule has 2 fully saturated rings. The van der Waals surface area contributed by atoms with Crippen LogP contribution in [0, 0.1) is 5.92 Å². The number of ether oxygens (including phenoxy) is 1. The zero-order valence-electron chi connectivity index (χ0n) is 16.0. The summed E-state index contributed by atoms with van der Waals surface area (Å²) in [4.78, 5) is 18.8. The third kappa shape index (κ3) is 7.82. The topological polar surface area (TPSA) is 66.5 Å². The fourth-order valence-corrected chi connectivity index (χ4v) is 3.53. The van der Waals surface area contributed by atoms with Gasteiger partial charge in [-0.3, -0.25) is 4.79 Å². The molecule has 154 valence electrons. The molecule has 1 aromatic heterocycles. The van der Waals surface area contributed by atoms with Crippen molar-refractivity contribution in [2.75, 3.05) is 37.7 Å². The Kier molecular flexibility index (Phi) is 11.0. The quantitative estimate of drug-likeness (QED) is 0.742. The second-order valence-corrected chi connectivity index (χ2v) is 7.16. The van der Waals surface area contributed by atoms with Crippen LogP contribution in [-0.2, 0) is 16.1 Å². The van der Waals surface area contributed by atoms with Gasteiger partial charge in [0.15, 0.2) is 0 Å². The number of aromatic nitrogens is 1. The van der Waals surface area contributed by atoms with E-state index in [1.165, 1.54) is 12.8 Å². The van der Waals surface area contributed by atoms with E-state index >= 15 is 0 Å². The number of halogens is 2. The summed E-state index contributed by atoms with van der Waals surface area (Å²) in [5.74, 6) is 1.82. The minimum absolute atomic E-state index is 0. The lowest BCUT2D eigenvalue weighted by molar-refractivity contribution is -0.121. The van der Waals surface area contributed by atoms with Crippen molar-refractivity contribution in [2.45, 2.75) is 45.3 Å². The molecule has 0 saturated carbocycles. The molecule has 8 heteroatoms. The largest absolute Gasteiger partial charge is 0.375 e. The standard InChI is InChI=1S/C19H30N4O2.2ClH/c1-15-14-23(10-11-25-15)18-4-2-17(12-21-18)13-22-19(24)5-3-16-6-8-20-9-7-16;;/h2,4,12,15-16,20H,3,5-11,13-14H2,1H3,(H,22,24);2*1H. The van der Waals surface area contributed by atoms with E-state index in [2.05, 4.69) is 33.5 Å². The first kappa shape index (κ1) is 24.0. The maximum absolute atomic E-state index is 12.0. The summed E-state index contributed by atoms with van der Waals surface area (Å²) in [5, 5.41) is 6.38. The maximum atomic E-state index is 12.0. The second kappa shape index (κ2) is 12.4. The van der Waals surface area contributed by atoms with E-state index in [0.717, 1.165) is 50.6 Å². The third-order valence-electron chi connectivity index (χ3n) is 5.10. The van der Waals surface area contributed by atoms with Crippen LogP contribution in [0.15, 0.2) is 18.3 Å². The number of carbonyl (C=O) groups is 1. The molecule has 0 bridgehead atoms. The predicted molar refractivity (Wildman–Crippen MR) is 113 cm³/mol. The van der Waals surface area contributed by atoms with E-state index in [4.69, 9.17) is 4.74 Å². The Morgan fingerprint density at radius 1 is 1.33 bits per heavy atom. The van der Waals surface area contributed by atoms with Crippen LogP contribution in [0.2, 0.25) is 0 Å². The Hall–Kier alpha value is -1.08. The van der Waals surface area contributed by atoms with Crippen LogP contribution in [0.25, 0.3) is 0 Å². The van der Waals surface area contributed by atoms with Crippen molar-refractivity contribution in [3.63, 3.8) is 0 Å². The lowest BCUT2D eigenvalue weighted by Gasteiger charge is -2.32. The van der Waals surface area contributed by atoms with Crippen LogP contribution in [0.1, 0.15) is 38.2 Å². The van der Waals surface area contributed by atoms with Gasteiger partial charge in [0.05, 0.1) is 12.7 Å². The van der Waals surface area contributed by atoms with Crippen molar-refractivity contribution in [1.29, 1.82) is 0 Å². The van der Waals surface area contributed by atoms with Crippen LogP contribution in [0.3, 0.4) is 0 Å². The molecule has 1 atom stereocenters. The fourth-order valence-electron chi connectivity index (χ4n) is 3.53. The Morgan fingerprint density at radius 2 is 2.11 bits per heavy atom. The third-order valence-corrected chi connectivity index (χ3v) is 5.10. The molecule has 1 amide bonds. The molecule has 2 aliphatic rings. The number of rotatable bonds is 6. The van der Waals surface area contributed by atoms with Crippen LogP contribution in [0.4, 0.5) is 5.82 Å². The Balaban J connectivity index is 0.00000182. The minimum Gasteiger partial charge on any atom is -0.375 e. The average Bonchev–Trinajstić information content (AvgIpc) is 2.66. The molecule has 1 unspecified atom stereocenters. The van der Waals surface area contributed by atoms with E-state index < -0.39 is 0 Å². The fraction of sp³-hybridized carbons (Fsp3) is 0.684. The highest BCUT2D eigenvalue weighted by atomic mass is 35.5. The molecule has 1 aromatic rings. The van der Waals surface area contributed by atoms with Crippen molar-refractivity contribution in [2.24, 2.45) is 5.92 Å². The molecule has 2 saturated heterocycles. The number of hydrogen-bond acceptors (Lipinski definition) is 5. The Labute approximate surface area is 174 Å². The highest BCUT2D eigenvalue weighted by molar-refractivity contribution is 5.85. The zero-order valence-corrected chi connectivity index (χ0v) is 17.6. The lowest BCUT2D eigenvalue weighted by Crippen LogP contribution is -2.41. The summed E-state index contributed by atoms with van der Waals surface area (Å²) in [5.41, 5.74) is 1.04. The first-order chi connectivity index (χ1) is 12.2. The molecule has 0 aromatic carbocycles. The predicted octanol–water partition coefficient (Wildman–Crippen LogP) is 2.55. The van der Waals surface area contributed by atoms with Gasteiger partial charge in [-0.05, 0) is 56.8 Å². The van der Waals surface area contributed by atoms with Crippen molar-refractivity contribution in [3.05, 3.63) is 23.9 Å². The van der Waals surface area contributed by atoms with E-state index in [0.29, 0.717) is 18.9 Å². The molecule has 27 heavy (non-hydrogen) atoms. The monoisotopic (exact) mass is 418 g/mol. The van der Waals surface area contributed by atoms with Gasteiger partial charge in [0.2, 0.25) is 5.91 Å². The van der Waals surface area contributed by atoms with Gasteiger partial charge in [0.25, 0.3) is 0 Å². The number of amides is 1. The van der Waals surface area contributed by atoms with Gasteiger partial charge in [0.1, 0.15) is 5.82 Å². The molecule has 0 aliphatic carbocycles. The van der Waals surface area contributed by atoms with Crippen molar-refractivity contribution < 1.29 is 9.53 Å². The number of piperidine rings is 1. The summed E-state index contributed by atoms with van der Waals surface area (Å²) >= 11 is 0. The van der Waals surface area contributed by atoms with Gasteiger partial charge >= 0.3 is 0 Å². The number of hydrogen-bond donors (Lipinski definition) is 2. The molecule has 3 heterocycles. The van der Waals surface area contributed by atoms with Gasteiger partial charge < -0.3 is 20.3 Å². The van der Waals surface area contributed by atoms with Gasteiger partial charge in [-0.1, -0.05) is 6.07 Å². The molecule has 0 radical (unpaired) electrons. The molecular formula is C19H32Cl2N4O2. The number of nitrogens with zero attached hydrogens (tertiary/aromatic N) is 2. The van der Waals surface area contributed by atoms with Gasteiger partial charge in [-0.2, -0.15) is 0 Å². The smallest absolute Gasteiger partial charge is 0.220 e. The SMILES string of the molecule is CC1CN(c2ccc(CNC(=O)CCC3CCNCC3)cn2)CCO1.Cl.Cl. The normalized spacial score (nSPS) is 20.3. The van der Waals surface area contributed by atoms with E-state index in [1.54, 1.807) is 0 Å². The average molecular weight is 419 g/mol. The Morgan fingerprint density at radius 3 is 2.78 bits per heavy atom. The molecule has 6 nitrogen and oxygen atoms in total. The van der Waals surface area contributed by atoms with E-state index in [1.807, 2.05) is 12.3 Å². The molecular weight excluding hydrogens is 387 g/mol. The van der Waals surface area contributed by atoms with Gasteiger partial charge in [-0.15, -0.1) is 24.8 Å². The first-order valence-corrected chi connectivity index (χ1v) is 9.49. The Bertz CT molecular complexity index is 553.